The second-order valence-corrected chi connectivity index (χ2v) is 10.7. The number of nitrogens with zero attached hydrogens (tertiary/aromatic N) is 2. The van der Waals surface area contributed by atoms with Gasteiger partial charge in [-0.25, -0.2) is 4.79 Å². The quantitative estimate of drug-likeness (QED) is 0.405. The van der Waals surface area contributed by atoms with Crippen LogP contribution in [0.15, 0.2) is 60.0 Å². The van der Waals surface area contributed by atoms with Crippen molar-refractivity contribution in [2.24, 2.45) is 5.92 Å². The number of benzene rings is 2. The topological polar surface area (TPSA) is 71.1 Å². The number of methoxy groups -OCH3 is 1. The predicted octanol–water partition coefficient (Wildman–Crippen LogP) is 5.51. The van der Waals surface area contributed by atoms with Gasteiger partial charge in [-0.2, -0.15) is 0 Å². The molecule has 1 aliphatic heterocycles. The normalized spacial score (nSPS) is 16.6. The van der Waals surface area contributed by atoms with Gasteiger partial charge in [0.05, 0.1) is 13.2 Å². The zero-order valence-electron chi connectivity index (χ0n) is 21.3. The van der Waals surface area contributed by atoms with Gasteiger partial charge in [-0.05, 0) is 73.4 Å². The fourth-order valence-electron chi connectivity index (χ4n) is 4.71. The maximum absolute atomic E-state index is 13.7. The Labute approximate surface area is 222 Å². The van der Waals surface area contributed by atoms with Gasteiger partial charge in [0.1, 0.15) is 13.2 Å². The average molecular weight is 520 g/mol. The summed E-state index contributed by atoms with van der Waals surface area (Å²) in [6.45, 7) is 3.55. The smallest absolute Gasteiger partial charge is 0.322 e. The molecule has 2 heterocycles. The summed E-state index contributed by atoms with van der Waals surface area (Å²) in [6, 6.07) is 16.9. The Morgan fingerprint density at radius 2 is 1.84 bits per heavy atom. The first-order valence-electron chi connectivity index (χ1n) is 12.8. The van der Waals surface area contributed by atoms with E-state index in [0.29, 0.717) is 37.1 Å². The number of hydrogen-bond acceptors (Lipinski definition) is 5. The number of carbonyl (C=O) groups excluding carboxylic acids is 2. The third kappa shape index (κ3) is 6.07. The standard InChI is InChI=1S/C29H33N3O4S/c1-20-7-11-22(12-8-20)30-29(34)31(17-21-9-10-21)18-28(33)32-15-13-27-23(14-16-37-27)24(32)19-36-26-6-4-3-5-25(26)35-2/h3-8,11-12,14,16,21,24H,9-10,13,15,17-19H2,1-2H3,(H,30,34)/t24-/m0/s1. The molecular formula is C29H33N3O4S. The SMILES string of the molecule is COc1ccccc1OC[C@H]1c2ccsc2CCN1C(=O)CN(CC1CC1)C(=O)Nc1ccc(C)cc1. The number of urea groups is 1. The van der Waals surface area contributed by atoms with Gasteiger partial charge in [0.15, 0.2) is 11.5 Å². The van der Waals surface area contributed by atoms with Crippen LogP contribution >= 0.6 is 11.3 Å². The van der Waals surface area contributed by atoms with Gasteiger partial charge in [-0.3, -0.25) is 4.79 Å². The molecule has 1 atom stereocenters. The molecule has 1 fully saturated rings. The molecule has 1 N–H and O–H groups in total. The zero-order valence-corrected chi connectivity index (χ0v) is 22.1. The number of para-hydroxylation sites is 2. The molecule has 0 bridgehead atoms. The van der Waals surface area contributed by atoms with Crippen LogP contribution in [0.1, 0.15) is 34.9 Å². The number of aryl methyl sites for hydroxylation is 1. The third-order valence-electron chi connectivity index (χ3n) is 6.97. The van der Waals surface area contributed by atoms with Gasteiger partial charge >= 0.3 is 6.03 Å². The van der Waals surface area contributed by atoms with Crippen LogP contribution in [-0.2, 0) is 11.2 Å². The summed E-state index contributed by atoms with van der Waals surface area (Å²) in [6.07, 6.45) is 3.00. The highest BCUT2D eigenvalue weighted by molar-refractivity contribution is 7.10. The molecule has 194 valence electrons. The lowest BCUT2D eigenvalue weighted by atomic mass is 10.0. The van der Waals surface area contributed by atoms with Crippen molar-refractivity contribution >= 4 is 29.0 Å². The third-order valence-corrected chi connectivity index (χ3v) is 7.97. The molecule has 8 heteroatoms. The summed E-state index contributed by atoms with van der Waals surface area (Å²) < 4.78 is 11.6. The van der Waals surface area contributed by atoms with E-state index in [9.17, 15) is 9.59 Å². The zero-order chi connectivity index (χ0) is 25.8. The molecule has 0 unspecified atom stereocenters. The van der Waals surface area contributed by atoms with Crippen molar-refractivity contribution in [3.8, 4) is 11.5 Å². The minimum atomic E-state index is -0.237. The molecule has 0 saturated heterocycles. The monoisotopic (exact) mass is 519 g/mol. The summed E-state index contributed by atoms with van der Waals surface area (Å²) in [7, 11) is 1.62. The molecule has 0 spiro atoms. The Morgan fingerprint density at radius 1 is 1.08 bits per heavy atom. The Kier molecular flexibility index (Phi) is 7.65. The van der Waals surface area contributed by atoms with Gasteiger partial charge in [0.2, 0.25) is 5.91 Å². The molecule has 5 rings (SSSR count). The van der Waals surface area contributed by atoms with Crippen molar-refractivity contribution in [3.63, 3.8) is 0 Å². The van der Waals surface area contributed by atoms with Crippen LogP contribution in [0.3, 0.4) is 0 Å². The van der Waals surface area contributed by atoms with Crippen molar-refractivity contribution in [1.82, 2.24) is 9.80 Å². The Hall–Kier alpha value is -3.52. The number of fused-ring (bicyclic) bond motifs is 1. The predicted molar refractivity (Wildman–Crippen MR) is 145 cm³/mol. The second-order valence-electron chi connectivity index (χ2n) is 9.73. The van der Waals surface area contributed by atoms with Crippen LogP contribution in [0, 0.1) is 12.8 Å². The summed E-state index contributed by atoms with van der Waals surface area (Å²) in [5.41, 5.74) is 2.98. The first-order valence-corrected chi connectivity index (χ1v) is 13.6. The Balaban J connectivity index is 1.31. The first-order chi connectivity index (χ1) is 18.0. The van der Waals surface area contributed by atoms with Gasteiger partial charge in [0, 0.05) is 23.7 Å². The fraction of sp³-hybridized carbons (Fsp3) is 0.379. The molecule has 2 aromatic carbocycles. The summed E-state index contributed by atoms with van der Waals surface area (Å²) >= 11 is 1.72. The van der Waals surface area contributed by atoms with Crippen LogP contribution in [0.5, 0.6) is 11.5 Å². The summed E-state index contributed by atoms with van der Waals surface area (Å²) in [5, 5.41) is 5.04. The lowest BCUT2D eigenvalue weighted by Gasteiger charge is -2.37. The van der Waals surface area contributed by atoms with E-state index in [4.69, 9.17) is 9.47 Å². The highest BCUT2D eigenvalue weighted by atomic mass is 32.1. The number of amides is 3. The van der Waals surface area contributed by atoms with Crippen molar-refractivity contribution in [2.75, 3.05) is 38.7 Å². The number of thiophene rings is 1. The molecular weight excluding hydrogens is 486 g/mol. The van der Waals surface area contributed by atoms with E-state index in [2.05, 4.69) is 16.8 Å². The van der Waals surface area contributed by atoms with Crippen LogP contribution < -0.4 is 14.8 Å². The average Bonchev–Trinajstić information content (AvgIpc) is 3.60. The number of nitrogens with one attached hydrogen (secondary N) is 1. The molecule has 3 aromatic rings. The van der Waals surface area contributed by atoms with E-state index in [1.54, 1.807) is 23.3 Å². The largest absolute Gasteiger partial charge is 0.493 e. The van der Waals surface area contributed by atoms with Gasteiger partial charge in [-0.1, -0.05) is 29.8 Å². The lowest BCUT2D eigenvalue weighted by molar-refractivity contribution is -0.135. The van der Waals surface area contributed by atoms with Gasteiger partial charge in [0.25, 0.3) is 0 Å². The molecule has 1 aliphatic carbocycles. The number of hydrogen-bond donors (Lipinski definition) is 1. The molecule has 0 radical (unpaired) electrons. The van der Waals surface area contributed by atoms with Crippen LogP contribution in [-0.4, -0.2) is 55.1 Å². The highest BCUT2D eigenvalue weighted by Crippen LogP contribution is 2.36. The van der Waals surface area contributed by atoms with Crippen LogP contribution in [0.4, 0.5) is 10.5 Å². The molecule has 3 amide bonds. The number of anilines is 1. The minimum Gasteiger partial charge on any atom is -0.493 e. The maximum Gasteiger partial charge on any atom is 0.322 e. The molecule has 37 heavy (non-hydrogen) atoms. The van der Waals surface area contributed by atoms with E-state index in [0.717, 1.165) is 36.1 Å². The first kappa shape index (κ1) is 25.1. The summed E-state index contributed by atoms with van der Waals surface area (Å²) in [4.78, 5) is 31.8. The lowest BCUT2D eigenvalue weighted by Crippen LogP contribution is -2.49. The van der Waals surface area contributed by atoms with E-state index in [-0.39, 0.29) is 24.5 Å². The minimum absolute atomic E-state index is 0.0405. The summed E-state index contributed by atoms with van der Waals surface area (Å²) in [5.74, 6) is 1.70. The molecule has 2 aliphatic rings. The number of carbonyl (C=O) groups is 2. The van der Waals surface area contributed by atoms with E-state index >= 15 is 0 Å². The van der Waals surface area contributed by atoms with Crippen molar-refractivity contribution in [3.05, 3.63) is 76.0 Å². The van der Waals surface area contributed by atoms with Crippen molar-refractivity contribution in [1.29, 1.82) is 0 Å². The molecule has 1 aromatic heterocycles. The molecule has 1 saturated carbocycles. The van der Waals surface area contributed by atoms with E-state index < -0.39 is 0 Å². The highest BCUT2D eigenvalue weighted by Gasteiger charge is 2.35. The van der Waals surface area contributed by atoms with Gasteiger partial charge in [-0.15, -0.1) is 11.3 Å². The van der Waals surface area contributed by atoms with E-state index in [1.165, 1.54) is 4.88 Å². The Morgan fingerprint density at radius 3 is 2.57 bits per heavy atom. The number of ether oxygens (including phenoxy) is 2. The Bertz CT molecular complexity index is 1240. The van der Waals surface area contributed by atoms with Crippen molar-refractivity contribution < 1.29 is 19.1 Å². The van der Waals surface area contributed by atoms with E-state index in [1.807, 2.05) is 60.4 Å². The van der Waals surface area contributed by atoms with Crippen LogP contribution in [0.2, 0.25) is 0 Å². The fourth-order valence-corrected chi connectivity index (χ4v) is 5.63. The van der Waals surface area contributed by atoms with Crippen LogP contribution in [0.25, 0.3) is 0 Å². The van der Waals surface area contributed by atoms with Crippen molar-refractivity contribution in [2.45, 2.75) is 32.2 Å². The molecule has 7 nitrogen and oxygen atoms in total. The van der Waals surface area contributed by atoms with Gasteiger partial charge < -0.3 is 24.6 Å². The number of rotatable bonds is 9. The second kappa shape index (κ2) is 11.3. The maximum atomic E-state index is 13.7.